The smallest absolute Gasteiger partial charge is 0.141 e. The van der Waals surface area contributed by atoms with E-state index in [1.165, 1.54) is 12.3 Å². The molecule has 0 aromatic carbocycles. The summed E-state index contributed by atoms with van der Waals surface area (Å²) in [7, 11) is 0. The van der Waals surface area contributed by atoms with Crippen molar-refractivity contribution in [1.82, 2.24) is 10.3 Å². The minimum Gasteiger partial charge on any atom is -0.381 e. The van der Waals surface area contributed by atoms with Crippen molar-refractivity contribution in [1.29, 1.82) is 0 Å². The van der Waals surface area contributed by atoms with Crippen LogP contribution in [-0.4, -0.2) is 24.7 Å². The standard InChI is InChI=1S/C13H21FN2O/c1-3-6-17-7-4-5-16-11(2)12-8-13(14)10-15-9-12/h8-11,16H,3-7H2,1-2H3. The predicted molar refractivity (Wildman–Crippen MR) is 66.3 cm³/mol. The number of aromatic nitrogens is 1. The zero-order chi connectivity index (χ0) is 12.5. The Kier molecular flexibility index (Phi) is 6.74. The largest absolute Gasteiger partial charge is 0.381 e. The summed E-state index contributed by atoms with van der Waals surface area (Å²) in [5.41, 5.74) is 0.875. The molecule has 0 aliphatic rings. The molecule has 0 radical (unpaired) electrons. The fourth-order valence-corrected chi connectivity index (χ4v) is 1.52. The molecule has 1 aromatic heterocycles. The molecule has 1 N–H and O–H groups in total. The van der Waals surface area contributed by atoms with Crippen LogP contribution in [0.4, 0.5) is 4.39 Å². The lowest BCUT2D eigenvalue weighted by Crippen LogP contribution is -2.21. The van der Waals surface area contributed by atoms with Crippen molar-refractivity contribution in [3.8, 4) is 0 Å². The van der Waals surface area contributed by atoms with Gasteiger partial charge in [-0.3, -0.25) is 4.98 Å². The Morgan fingerprint density at radius 3 is 2.94 bits per heavy atom. The molecule has 1 unspecified atom stereocenters. The first-order valence-electron chi connectivity index (χ1n) is 6.15. The van der Waals surface area contributed by atoms with E-state index in [1.807, 2.05) is 6.92 Å². The van der Waals surface area contributed by atoms with Crippen molar-refractivity contribution in [2.75, 3.05) is 19.8 Å². The summed E-state index contributed by atoms with van der Waals surface area (Å²) in [6.07, 6.45) is 4.93. The van der Waals surface area contributed by atoms with Gasteiger partial charge in [-0.15, -0.1) is 0 Å². The maximum atomic E-state index is 12.9. The van der Waals surface area contributed by atoms with Gasteiger partial charge in [-0.2, -0.15) is 0 Å². The van der Waals surface area contributed by atoms with Gasteiger partial charge in [0, 0.05) is 25.5 Å². The number of halogens is 1. The van der Waals surface area contributed by atoms with E-state index in [2.05, 4.69) is 17.2 Å². The lowest BCUT2D eigenvalue weighted by Gasteiger charge is -2.13. The summed E-state index contributed by atoms with van der Waals surface area (Å²) >= 11 is 0. The van der Waals surface area contributed by atoms with Gasteiger partial charge in [-0.25, -0.2) is 4.39 Å². The topological polar surface area (TPSA) is 34.1 Å². The Hall–Kier alpha value is -1.00. The molecule has 1 atom stereocenters. The van der Waals surface area contributed by atoms with Crippen molar-refractivity contribution in [2.45, 2.75) is 32.7 Å². The van der Waals surface area contributed by atoms with Crippen LogP contribution in [-0.2, 0) is 4.74 Å². The second kappa shape index (κ2) is 8.14. The fourth-order valence-electron chi connectivity index (χ4n) is 1.52. The molecule has 0 saturated heterocycles. The van der Waals surface area contributed by atoms with Crippen LogP contribution in [0.15, 0.2) is 18.5 Å². The highest BCUT2D eigenvalue weighted by Gasteiger charge is 2.05. The molecule has 0 spiro atoms. The van der Waals surface area contributed by atoms with Gasteiger partial charge in [0.05, 0.1) is 6.20 Å². The van der Waals surface area contributed by atoms with Crippen LogP contribution in [0.1, 0.15) is 38.3 Å². The average Bonchev–Trinajstić information content (AvgIpc) is 2.33. The Bertz CT molecular complexity index is 320. The van der Waals surface area contributed by atoms with Gasteiger partial charge in [0.2, 0.25) is 0 Å². The first kappa shape index (κ1) is 14.1. The fraction of sp³-hybridized carbons (Fsp3) is 0.615. The van der Waals surface area contributed by atoms with E-state index in [0.717, 1.165) is 38.2 Å². The number of pyridine rings is 1. The highest BCUT2D eigenvalue weighted by molar-refractivity contribution is 5.14. The van der Waals surface area contributed by atoms with Crippen LogP contribution in [0.2, 0.25) is 0 Å². The van der Waals surface area contributed by atoms with Crippen molar-refractivity contribution in [2.24, 2.45) is 0 Å². The third kappa shape index (κ3) is 5.75. The second-order valence-electron chi connectivity index (χ2n) is 4.08. The lowest BCUT2D eigenvalue weighted by molar-refractivity contribution is 0.132. The minimum atomic E-state index is -0.289. The van der Waals surface area contributed by atoms with Crippen LogP contribution < -0.4 is 5.32 Å². The minimum absolute atomic E-state index is 0.115. The Morgan fingerprint density at radius 1 is 1.41 bits per heavy atom. The maximum absolute atomic E-state index is 12.9. The van der Waals surface area contributed by atoms with E-state index < -0.39 is 0 Å². The molecule has 4 heteroatoms. The SMILES string of the molecule is CCCOCCCNC(C)c1cncc(F)c1. The maximum Gasteiger partial charge on any atom is 0.141 e. The summed E-state index contributed by atoms with van der Waals surface area (Å²) in [5, 5.41) is 3.32. The first-order chi connectivity index (χ1) is 8.24. The Labute approximate surface area is 102 Å². The van der Waals surface area contributed by atoms with Gasteiger partial charge >= 0.3 is 0 Å². The number of hydrogen-bond donors (Lipinski definition) is 1. The monoisotopic (exact) mass is 240 g/mol. The van der Waals surface area contributed by atoms with E-state index in [0.29, 0.717) is 0 Å². The summed E-state index contributed by atoms with van der Waals surface area (Å²) in [5.74, 6) is -0.289. The Morgan fingerprint density at radius 2 is 2.24 bits per heavy atom. The number of nitrogens with zero attached hydrogens (tertiary/aromatic N) is 1. The molecule has 0 bridgehead atoms. The third-order valence-electron chi connectivity index (χ3n) is 2.49. The molecule has 1 aromatic rings. The highest BCUT2D eigenvalue weighted by atomic mass is 19.1. The number of hydrogen-bond acceptors (Lipinski definition) is 3. The molecule has 0 aliphatic heterocycles. The molecule has 96 valence electrons. The van der Waals surface area contributed by atoms with Gasteiger partial charge < -0.3 is 10.1 Å². The van der Waals surface area contributed by atoms with Gasteiger partial charge in [0.15, 0.2) is 0 Å². The van der Waals surface area contributed by atoms with Crippen LogP contribution in [0.25, 0.3) is 0 Å². The first-order valence-corrected chi connectivity index (χ1v) is 6.15. The van der Waals surface area contributed by atoms with Gasteiger partial charge in [0.25, 0.3) is 0 Å². The van der Waals surface area contributed by atoms with Crippen LogP contribution in [0, 0.1) is 5.82 Å². The molecule has 0 saturated carbocycles. The number of ether oxygens (including phenoxy) is 1. The molecule has 3 nitrogen and oxygen atoms in total. The third-order valence-corrected chi connectivity index (χ3v) is 2.49. The van der Waals surface area contributed by atoms with Crippen molar-refractivity contribution in [3.63, 3.8) is 0 Å². The summed E-state index contributed by atoms with van der Waals surface area (Å²) in [4.78, 5) is 3.83. The molecule has 17 heavy (non-hydrogen) atoms. The predicted octanol–water partition coefficient (Wildman–Crippen LogP) is 2.69. The average molecular weight is 240 g/mol. The lowest BCUT2D eigenvalue weighted by atomic mass is 10.1. The zero-order valence-corrected chi connectivity index (χ0v) is 10.6. The van der Waals surface area contributed by atoms with Crippen molar-refractivity contribution < 1.29 is 9.13 Å². The summed E-state index contributed by atoms with van der Waals surface area (Å²) in [6, 6.07) is 1.63. The molecule has 1 heterocycles. The van der Waals surface area contributed by atoms with E-state index in [-0.39, 0.29) is 11.9 Å². The molecular weight excluding hydrogens is 219 g/mol. The quantitative estimate of drug-likeness (QED) is 0.709. The second-order valence-corrected chi connectivity index (χ2v) is 4.08. The van der Waals surface area contributed by atoms with Crippen molar-refractivity contribution in [3.05, 3.63) is 29.8 Å². The van der Waals surface area contributed by atoms with Gasteiger partial charge in [-0.1, -0.05) is 6.92 Å². The zero-order valence-electron chi connectivity index (χ0n) is 10.6. The molecular formula is C13H21FN2O. The van der Waals surface area contributed by atoms with E-state index in [4.69, 9.17) is 4.74 Å². The normalized spacial score (nSPS) is 12.6. The van der Waals surface area contributed by atoms with Crippen LogP contribution >= 0.6 is 0 Å². The molecule has 0 amide bonds. The Balaban J connectivity index is 2.19. The summed E-state index contributed by atoms with van der Waals surface area (Å²) in [6.45, 7) is 6.56. The number of rotatable bonds is 8. The van der Waals surface area contributed by atoms with Gasteiger partial charge in [-0.05, 0) is 37.9 Å². The van der Waals surface area contributed by atoms with E-state index in [1.54, 1.807) is 6.20 Å². The van der Waals surface area contributed by atoms with Crippen LogP contribution in [0.3, 0.4) is 0 Å². The molecule has 0 fully saturated rings. The molecule has 0 aliphatic carbocycles. The van der Waals surface area contributed by atoms with Crippen LogP contribution in [0.5, 0.6) is 0 Å². The van der Waals surface area contributed by atoms with Crippen molar-refractivity contribution >= 4 is 0 Å². The van der Waals surface area contributed by atoms with E-state index >= 15 is 0 Å². The molecule has 1 rings (SSSR count). The van der Waals surface area contributed by atoms with E-state index in [9.17, 15) is 4.39 Å². The summed E-state index contributed by atoms with van der Waals surface area (Å²) < 4.78 is 18.3. The van der Waals surface area contributed by atoms with Gasteiger partial charge in [0.1, 0.15) is 5.82 Å². The number of nitrogens with one attached hydrogen (secondary N) is 1. The highest BCUT2D eigenvalue weighted by Crippen LogP contribution is 2.11.